The highest BCUT2D eigenvalue weighted by Crippen LogP contribution is 2.14. The Labute approximate surface area is 123 Å². The van der Waals surface area contributed by atoms with Crippen molar-refractivity contribution in [3.63, 3.8) is 0 Å². The van der Waals surface area contributed by atoms with E-state index in [0.717, 1.165) is 5.56 Å². The van der Waals surface area contributed by atoms with Crippen LogP contribution in [-0.4, -0.2) is 26.3 Å². The highest BCUT2D eigenvalue weighted by molar-refractivity contribution is 5.95. The van der Waals surface area contributed by atoms with Gasteiger partial charge in [0.1, 0.15) is 11.5 Å². The monoisotopic (exact) mass is 284 g/mol. The Morgan fingerprint density at radius 1 is 1.05 bits per heavy atom. The fourth-order valence-electron chi connectivity index (χ4n) is 1.74. The smallest absolute Gasteiger partial charge is 0.271 e. The van der Waals surface area contributed by atoms with Crippen molar-refractivity contribution in [2.45, 2.75) is 0 Å². The number of ether oxygens (including phenoxy) is 2. The summed E-state index contributed by atoms with van der Waals surface area (Å²) in [7, 11) is 3.16. The van der Waals surface area contributed by atoms with Gasteiger partial charge in [0.05, 0.1) is 20.4 Å². The van der Waals surface area contributed by atoms with E-state index in [2.05, 4.69) is 10.5 Å². The van der Waals surface area contributed by atoms with Crippen LogP contribution in [0.1, 0.15) is 15.9 Å². The van der Waals surface area contributed by atoms with Crippen LogP contribution in [0.15, 0.2) is 53.6 Å². The van der Waals surface area contributed by atoms with Crippen molar-refractivity contribution in [3.8, 4) is 11.5 Å². The van der Waals surface area contributed by atoms with Gasteiger partial charge in [0.25, 0.3) is 5.91 Å². The van der Waals surface area contributed by atoms with Crippen molar-refractivity contribution in [3.05, 3.63) is 59.7 Å². The molecule has 2 rings (SSSR count). The van der Waals surface area contributed by atoms with E-state index in [1.165, 1.54) is 0 Å². The van der Waals surface area contributed by atoms with Gasteiger partial charge in [-0.25, -0.2) is 5.43 Å². The lowest BCUT2D eigenvalue weighted by Crippen LogP contribution is -2.17. The van der Waals surface area contributed by atoms with Crippen molar-refractivity contribution >= 4 is 12.1 Å². The fourth-order valence-corrected chi connectivity index (χ4v) is 1.74. The molecule has 1 N–H and O–H groups in total. The van der Waals surface area contributed by atoms with Crippen LogP contribution in [0.25, 0.3) is 0 Å². The summed E-state index contributed by atoms with van der Waals surface area (Å²) < 4.78 is 10.2. The van der Waals surface area contributed by atoms with Gasteiger partial charge in [-0.05, 0) is 36.4 Å². The number of nitrogens with zero attached hydrogens (tertiary/aromatic N) is 1. The molecule has 0 bridgehead atoms. The van der Waals surface area contributed by atoms with Gasteiger partial charge < -0.3 is 9.47 Å². The minimum atomic E-state index is -0.288. The van der Waals surface area contributed by atoms with Crippen LogP contribution in [0, 0.1) is 0 Å². The number of rotatable bonds is 5. The van der Waals surface area contributed by atoms with E-state index in [1.807, 2.05) is 24.3 Å². The summed E-state index contributed by atoms with van der Waals surface area (Å²) >= 11 is 0. The van der Waals surface area contributed by atoms with Gasteiger partial charge in [-0.2, -0.15) is 5.10 Å². The summed E-state index contributed by atoms with van der Waals surface area (Å²) in [5, 5.41) is 3.93. The zero-order chi connectivity index (χ0) is 15.1. The molecule has 2 aromatic rings. The van der Waals surface area contributed by atoms with E-state index in [1.54, 1.807) is 44.7 Å². The molecule has 1 amide bonds. The van der Waals surface area contributed by atoms with Gasteiger partial charge in [-0.3, -0.25) is 4.79 Å². The van der Waals surface area contributed by atoms with Crippen molar-refractivity contribution < 1.29 is 14.3 Å². The predicted molar refractivity (Wildman–Crippen MR) is 81.0 cm³/mol. The van der Waals surface area contributed by atoms with Gasteiger partial charge in [0.2, 0.25) is 0 Å². The summed E-state index contributed by atoms with van der Waals surface area (Å²) in [5.74, 6) is 1.10. The first kappa shape index (κ1) is 14.6. The van der Waals surface area contributed by atoms with E-state index in [4.69, 9.17) is 9.47 Å². The van der Waals surface area contributed by atoms with Crippen molar-refractivity contribution in [2.75, 3.05) is 14.2 Å². The first-order valence-corrected chi connectivity index (χ1v) is 6.35. The zero-order valence-corrected chi connectivity index (χ0v) is 11.9. The van der Waals surface area contributed by atoms with Crippen LogP contribution < -0.4 is 14.9 Å². The maximum atomic E-state index is 11.9. The predicted octanol–water partition coefficient (Wildman–Crippen LogP) is 2.47. The Balaban J connectivity index is 2.01. The molecule has 108 valence electrons. The molecule has 0 aliphatic heterocycles. The lowest BCUT2D eigenvalue weighted by atomic mass is 10.2. The number of amides is 1. The number of methoxy groups -OCH3 is 2. The molecule has 0 saturated heterocycles. The average molecular weight is 284 g/mol. The number of hydrazone groups is 1. The molecule has 0 fully saturated rings. The van der Waals surface area contributed by atoms with Crippen LogP contribution in [-0.2, 0) is 0 Å². The minimum Gasteiger partial charge on any atom is -0.497 e. The molecule has 0 spiro atoms. The molecular formula is C16H16N2O3. The van der Waals surface area contributed by atoms with Crippen molar-refractivity contribution in [1.82, 2.24) is 5.43 Å². The number of hydrogen-bond acceptors (Lipinski definition) is 4. The lowest BCUT2D eigenvalue weighted by Gasteiger charge is -2.04. The lowest BCUT2D eigenvalue weighted by molar-refractivity contribution is 0.0955. The third kappa shape index (κ3) is 3.82. The molecule has 0 heterocycles. The van der Waals surface area contributed by atoms with Crippen LogP contribution in [0.5, 0.6) is 11.5 Å². The molecule has 5 heteroatoms. The van der Waals surface area contributed by atoms with Crippen LogP contribution in [0.3, 0.4) is 0 Å². The highest BCUT2D eigenvalue weighted by atomic mass is 16.5. The molecular weight excluding hydrogens is 268 g/mol. The van der Waals surface area contributed by atoms with Crippen molar-refractivity contribution in [2.24, 2.45) is 5.10 Å². The van der Waals surface area contributed by atoms with Crippen LogP contribution in [0.2, 0.25) is 0 Å². The number of nitrogens with one attached hydrogen (secondary N) is 1. The molecule has 0 saturated carbocycles. The third-order valence-corrected chi connectivity index (χ3v) is 2.86. The van der Waals surface area contributed by atoms with Gasteiger partial charge in [-0.15, -0.1) is 0 Å². The molecule has 0 unspecified atom stereocenters. The Morgan fingerprint density at radius 2 is 1.76 bits per heavy atom. The summed E-state index contributed by atoms with van der Waals surface area (Å²) in [4.78, 5) is 11.9. The number of carbonyl (C=O) groups is 1. The largest absolute Gasteiger partial charge is 0.497 e. The molecule has 0 radical (unpaired) electrons. The molecule has 21 heavy (non-hydrogen) atoms. The second-order valence-electron chi connectivity index (χ2n) is 4.17. The van der Waals surface area contributed by atoms with E-state index < -0.39 is 0 Å². The number of carbonyl (C=O) groups excluding carboxylic acids is 1. The Bertz CT molecular complexity index is 636. The zero-order valence-electron chi connectivity index (χ0n) is 11.9. The van der Waals surface area contributed by atoms with Gasteiger partial charge in [0.15, 0.2) is 0 Å². The van der Waals surface area contributed by atoms with Gasteiger partial charge in [-0.1, -0.05) is 12.1 Å². The Kier molecular flexibility index (Phi) is 4.93. The van der Waals surface area contributed by atoms with E-state index >= 15 is 0 Å². The van der Waals surface area contributed by atoms with Crippen molar-refractivity contribution in [1.29, 1.82) is 0 Å². The molecule has 0 aliphatic rings. The summed E-state index contributed by atoms with van der Waals surface area (Å²) in [6.07, 6.45) is 1.54. The number of para-hydroxylation sites is 1. The van der Waals surface area contributed by atoms with Crippen LogP contribution in [0.4, 0.5) is 0 Å². The third-order valence-electron chi connectivity index (χ3n) is 2.86. The van der Waals surface area contributed by atoms with Gasteiger partial charge in [0, 0.05) is 11.1 Å². The molecule has 0 atom stereocenters. The average Bonchev–Trinajstić information content (AvgIpc) is 2.55. The first-order valence-electron chi connectivity index (χ1n) is 6.35. The van der Waals surface area contributed by atoms with E-state index in [-0.39, 0.29) is 5.91 Å². The molecule has 0 aliphatic carbocycles. The summed E-state index contributed by atoms with van der Waals surface area (Å²) in [5.41, 5.74) is 3.76. The Hall–Kier alpha value is -2.82. The minimum absolute atomic E-state index is 0.288. The standard InChI is InChI=1S/C16H16N2O3/c1-20-14-9-7-12(8-10-14)16(19)18-17-11-13-5-3-4-6-15(13)21-2/h3-11H,1-2H3,(H,18,19)/b17-11+. The topological polar surface area (TPSA) is 59.9 Å². The number of benzene rings is 2. The summed E-state index contributed by atoms with van der Waals surface area (Å²) in [6, 6.07) is 14.2. The summed E-state index contributed by atoms with van der Waals surface area (Å²) in [6.45, 7) is 0. The SMILES string of the molecule is COc1ccc(C(=O)N/N=C/c2ccccc2OC)cc1. The maximum Gasteiger partial charge on any atom is 0.271 e. The molecule has 2 aromatic carbocycles. The number of hydrogen-bond donors (Lipinski definition) is 1. The Morgan fingerprint density at radius 3 is 2.43 bits per heavy atom. The maximum absolute atomic E-state index is 11.9. The second-order valence-corrected chi connectivity index (χ2v) is 4.17. The van der Waals surface area contributed by atoms with Crippen LogP contribution >= 0.6 is 0 Å². The quantitative estimate of drug-likeness (QED) is 0.677. The first-order chi connectivity index (χ1) is 10.2. The van der Waals surface area contributed by atoms with E-state index in [0.29, 0.717) is 17.1 Å². The normalized spacial score (nSPS) is 10.4. The fraction of sp³-hybridized carbons (Fsp3) is 0.125. The highest BCUT2D eigenvalue weighted by Gasteiger charge is 2.04. The van der Waals surface area contributed by atoms with Gasteiger partial charge >= 0.3 is 0 Å². The second kappa shape index (κ2) is 7.09. The molecule has 0 aromatic heterocycles. The molecule has 5 nitrogen and oxygen atoms in total. The van der Waals surface area contributed by atoms with E-state index in [9.17, 15) is 4.79 Å².